The molecule has 0 aliphatic rings. The van der Waals surface area contributed by atoms with E-state index in [1.54, 1.807) is 0 Å². The summed E-state index contributed by atoms with van der Waals surface area (Å²) in [5.74, 6) is 0. The summed E-state index contributed by atoms with van der Waals surface area (Å²) in [5, 5.41) is 8.43. The number of benzene rings is 4. The van der Waals surface area contributed by atoms with Crippen molar-refractivity contribution in [3.05, 3.63) is 71.8 Å². The molecule has 4 rings (SSSR count). The Balaban J connectivity index is 2.22. The van der Waals surface area contributed by atoms with Crippen molar-refractivity contribution in [2.24, 2.45) is 0 Å². The Kier molecular flexibility index (Phi) is 3.53. The van der Waals surface area contributed by atoms with Gasteiger partial charge in [0.05, 0.1) is 0 Å². The Bertz CT molecular complexity index is 1010. The molecule has 0 atom stereocenters. The molecule has 4 aromatic carbocycles. The monoisotopic (exact) mass is 298 g/mol. The van der Waals surface area contributed by atoms with Gasteiger partial charge in [-0.3, -0.25) is 0 Å². The van der Waals surface area contributed by atoms with Crippen LogP contribution in [-0.2, 0) is 6.42 Å². The molecule has 0 N–H and O–H groups in total. The largest absolute Gasteiger partial charge is 0.0654 e. The number of rotatable bonds is 3. The summed E-state index contributed by atoms with van der Waals surface area (Å²) in [6, 6.07) is 22.3. The molecule has 114 valence electrons. The molecule has 0 nitrogen and oxygen atoms in total. The number of hydrogen-bond acceptors (Lipinski definition) is 0. The minimum absolute atomic E-state index is 1.16. The van der Waals surface area contributed by atoms with Gasteiger partial charge in [-0.2, -0.15) is 0 Å². The van der Waals surface area contributed by atoms with E-state index in [-0.39, 0.29) is 0 Å². The first-order valence-electron chi connectivity index (χ1n) is 8.63. The molecule has 0 aliphatic heterocycles. The first-order valence-corrected chi connectivity index (χ1v) is 8.63. The van der Waals surface area contributed by atoms with Crippen molar-refractivity contribution < 1.29 is 0 Å². The van der Waals surface area contributed by atoms with Gasteiger partial charge in [0.1, 0.15) is 0 Å². The fraction of sp³-hybridized carbons (Fsp3) is 0.217. The van der Waals surface area contributed by atoms with Gasteiger partial charge in [-0.05, 0) is 63.2 Å². The lowest BCUT2D eigenvalue weighted by Crippen LogP contribution is -1.94. The van der Waals surface area contributed by atoms with Gasteiger partial charge in [0, 0.05) is 0 Å². The number of unbranched alkanes of at least 4 members (excludes halogenated alkanes) is 1. The van der Waals surface area contributed by atoms with Gasteiger partial charge >= 0.3 is 0 Å². The van der Waals surface area contributed by atoms with E-state index in [0.717, 1.165) is 6.42 Å². The highest BCUT2D eigenvalue weighted by Crippen LogP contribution is 2.37. The minimum atomic E-state index is 1.16. The van der Waals surface area contributed by atoms with Crippen LogP contribution in [0.3, 0.4) is 0 Å². The summed E-state index contributed by atoms with van der Waals surface area (Å²) < 4.78 is 0. The fourth-order valence-corrected chi connectivity index (χ4v) is 3.90. The van der Waals surface area contributed by atoms with E-state index < -0.39 is 0 Å². The van der Waals surface area contributed by atoms with Gasteiger partial charge in [-0.25, -0.2) is 0 Å². The topological polar surface area (TPSA) is 0 Å². The van der Waals surface area contributed by atoms with Crippen LogP contribution in [0, 0.1) is 6.92 Å². The second kappa shape index (κ2) is 5.70. The number of fused-ring (bicyclic) bond motifs is 4. The van der Waals surface area contributed by atoms with Crippen LogP contribution in [0.2, 0.25) is 0 Å². The highest BCUT2D eigenvalue weighted by molar-refractivity contribution is 6.16. The highest BCUT2D eigenvalue weighted by Gasteiger charge is 2.13. The van der Waals surface area contributed by atoms with E-state index in [1.165, 1.54) is 56.3 Å². The normalized spacial score (nSPS) is 11.6. The first kappa shape index (κ1) is 14.3. The molecule has 0 saturated heterocycles. The third-order valence-corrected chi connectivity index (χ3v) is 5.07. The lowest BCUT2D eigenvalue weighted by Gasteiger charge is -2.16. The fourth-order valence-electron chi connectivity index (χ4n) is 3.90. The van der Waals surface area contributed by atoms with Crippen LogP contribution in [0.1, 0.15) is 30.9 Å². The number of hydrogen-bond donors (Lipinski definition) is 0. The predicted octanol–water partition coefficient (Wildman–Crippen LogP) is 6.80. The Morgan fingerprint density at radius 1 is 0.696 bits per heavy atom. The van der Waals surface area contributed by atoms with Gasteiger partial charge in [0.2, 0.25) is 0 Å². The van der Waals surface area contributed by atoms with Gasteiger partial charge in [0.15, 0.2) is 0 Å². The smallest absolute Gasteiger partial charge is 0.00669 e. The van der Waals surface area contributed by atoms with E-state index >= 15 is 0 Å². The zero-order valence-corrected chi connectivity index (χ0v) is 13.9. The van der Waals surface area contributed by atoms with Crippen LogP contribution < -0.4 is 0 Å². The maximum Gasteiger partial charge on any atom is -0.00669 e. The molecular weight excluding hydrogens is 276 g/mol. The van der Waals surface area contributed by atoms with Crippen molar-refractivity contribution in [2.75, 3.05) is 0 Å². The molecule has 0 unspecified atom stereocenters. The molecule has 0 bridgehead atoms. The van der Waals surface area contributed by atoms with Crippen molar-refractivity contribution in [1.29, 1.82) is 0 Å². The van der Waals surface area contributed by atoms with Crippen LogP contribution in [0.4, 0.5) is 0 Å². The molecule has 0 aliphatic carbocycles. The molecule has 0 heterocycles. The molecular formula is C23H22. The van der Waals surface area contributed by atoms with Crippen LogP contribution in [0.5, 0.6) is 0 Å². The molecule has 0 fully saturated rings. The molecule has 0 amide bonds. The number of aryl methyl sites for hydroxylation is 2. The molecule has 23 heavy (non-hydrogen) atoms. The standard InChI is InChI=1S/C23H22/c1-3-4-10-21-20-13-8-7-11-18(20)16(2)23-19-12-6-5-9-17(19)14-15-22(21)23/h5-9,11-15H,3-4,10H2,1-2H3. The van der Waals surface area contributed by atoms with Gasteiger partial charge in [0.25, 0.3) is 0 Å². The zero-order chi connectivity index (χ0) is 15.8. The Morgan fingerprint density at radius 3 is 2.17 bits per heavy atom. The highest BCUT2D eigenvalue weighted by atomic mass is 14.2. The van der Waals surface area contributed by atoms with E-state index in [4.69, 9.17) is 0 Å². The summed E-state index contributed by atoms with van der Waals surface area (Å²) in [6.07, 6.45) is 3.64. The summed E-state index contributed by atoms with van der Waals surface area (Å²) in [7, 11) is 0. The Morgan fingerprint density at radius 2 is 1.39 bits per heavy atom. The van der Waals surface area contributed by atoms with Crippen molar-refractivity contribution in [2.45, 2.75) is 33.1 Å². The van der Waals surface area contributed by atoms with Gasteiger partial charge in [-0.15, -0.1) is 0 Å². The minimum Gasteiger partial charge on any atom is -0.0654 e. The lowest BCUT2D eigenvalue weighted by atomic mass is 9.88. The SMILES string of the molecule is CCCCc1c2ccccc2c(C)c2c1ccc1ccccc12. The zero-order valence-electron chi connectivity index (χ0n) is 13.9. The molecule has 4 aromatic rings. The van der Waals surface area contributed by atoms with Crippen molar-refractivity contribution >= 4 is 32.3 Å². The average Bonchev–Trinajstić information content (AvgIpc) is 2.61. The maximum absolute atomic E-state index is 2.34. The van der Waals surface area contributed by atoms with Crippen molar-refractivity contribution in [1.82, 2.24) is 0 Å². The van der Waals surface area contributed by atoms with E-state index in [0.29, 0.717) is 0 Å². The van der Waals surface area contributed by atoms with Crippen LogP contribution in [0.25, 0.3) is 32.3 Å². The molecule has 0 saturated carbocycles. The molecule has 0 radical (unpaired) electrons. The molecule has 0 spiro atoms. The summed E-state index contributed by atoms with van der Waals surface area (Å²) in [6.45, 7) is 4.55. The predicted molar refractivity (Wildman–Crippen MR) is 102 cm³/mol. The van der Waals surface area contributed by atoms with Gasteiger partial charge < -0.3 is 0 Å². The van der Waals surface area contributed by atoms with E-state index in [9.17, 15) is 0 Å². The molecule has 0 heteroatoms. The summed E-state index contributed by atoms with van der Waals surface area (Å²) in [4.78, 5) is 0. The third kappa shape index (κ3) is 2.21. The third-order valence-electron chi connectivity index (χ3n) is 5.07. The van der Waals surface area contributed by atoms with Crippen LogP contribution in [-0.4, -0.2) is 0 Å². The Hall–Kier alpha value is -2.34. The quantitative estimate of drug-likeness (QED) is 0.288. The average molecular weight is 298 g/mol. The second-order valence-electron chi connectivity index (χ2n) is 6.46. The first-order chi connectivity index (χ1) is 11.3. The Labute approximate surface area is 137 Å². The van der Waals surface area contributed by atoms with E-state index in [1.807, 2.05) is 0 Å². The maximum atomic E-state index is 2.34. The van der Waals surface area contributed by atoms with E-state index in [2.05, 4.69) is 74.5 Å². The van der Waals surface area contributed by atoms with Crippen molar-refractivity contribution in [3.8, 4) is 0 Å². The second-order valence-corrected chi connectivity index (χ2v) is 6.46. The molecule has 0 aromatic heterocycles. The van der Waals surface area contributed by atoms with Crippen molar-refractivity contribution in [3.63, 3.8) is 0 Å². The van der Waals surface area contributed by atoms with Crippen LogP contribution in [0.15, 0.2) is 60.7 Å². The lowest BCUT2D eigenvalue weighted by molar-refractivity contribution is 0.802. The summed E-state index contributed by atoms with van der Waals surface area (Å²) in [5.41, 5.74) is 2.93. The summed E-state index contributed by atoms with van der Waals surface area (Å²) >= 11 is 0. The van der Waals surface area contributed by atoms with Gasteiger partial charge in [-0.1, -0.05) is 74.0 Å². The van der Waals surface area contributed by atoms with Crippen LogP contribution >= 0.6 is 0 Å².